The molecule has 5 nitrogen and oxygen atoms in total. The van der Waals surface area contributed by atoms with E-state index < -0.39 is 17.9 Å². The monoisotopic (exact) mass is 314 g/mol. The molecule has 0 saturated carbocycles. The standard InChI is InChI=1S/C12H15BrN2O3/c1-3-5-9(12(17)18)14-11(16)10-6-8(13)7-15(10)4-2/h3,6-7,9H,1,4-5H2,2H3,(H,14,16)(H,17,18). The number of hydrogen-bond acceptors (Lipinski definition) is 2. The van der Waals surface area contributed by atoms with E-state index >= 15 is 0 Å². The van der Waals surface area contributed by atoms with Gasteiger partial charge < -0.3 is 15.0 Å². The second-order valence-corrected chi connectivity index (χ2v) is 4.63. The van der Waals surface area contributed by atoms with Crippen molar-refractivity contribution < 1.29 is 14.7 Å². The Kier molecular flexibility index (Phi) is 5.15. The lowest BCUT2D eigenvalue weighted by Gasteiger charge is -2.13. The molecule has 18 heavy (non-hydrogen) atoms. The molecule has 2 N–H and O–H groups in total. The summed E-state index contributed by atoms with van der Waals surface area (Å²) in [6, 6.07) is 0.708. The Hall–Kier alpha value is -1.56. The third kappa shape index (κ3) is 3.46. The van der Waals surface area contributed by atoms with E-state index in [1.165, 1.54) is 6.08 Å². The summed E-state index contributed by atoms with van der Waals surface area (Å²) in [4.78, 5) is 22.9. The number of rotatable bonds is 6. The molecular formula is C12H15BrN2O3. The van der Waals surface area contributed by atoms with Crippen molar-refractivity contribution >= 4 is 27.8 Å². The van der Waals surface area contributed by atoms with Crippen molar-refractivity contribution in [2.45, 2.75) is 25.9 Å². The molecule has 0 aromatic carbocycles. The maximum Gasteiger partial charge on any atom is 0.326 e. The van der Waals surface area contributed by atoms with Gasteiger partial charge in [-0.1, -0.05) is 6.08 Å². The zero-order valence-corrected chi connectivity index (χ0v) is 11.6. The summed E-state index contributed by atoms with van der Waals surface area (Å²) >= 11 is 3.28. The van der Waals surface area contributed by atoms with Crippen LogP contribution < -0.4 is 5.32 Å². The number of nitrogens with one attached hydrogen (secondary N) is 1. The van der Waals surface area contributed by atoms with Crippen LogP contribution in [0.3, 0.4) is 0 Å². The van der Waals surface area contributed by atoms with Crippen LogP contribution in [0.15, 0.2) is 29.4 Å². The molecule has 1 aromatic rings. The summed E-state index contributed by atoms with van der Waals surface area (Å²) in [5, 5.41) is 11.4. The molecule has 1 rings (SSSR count). The fraction of sp³-hybridized carbons (Fsp3) is 0.333. The first-order valence-corrected chi connectivity index (χ1v) is 6.29. The van der Waals surface area contributed by atoms with Crippen molar-refractivity contribution in [3.63, 3.8) is 0 Å². The second kappa shape index (κ2) is 6.39. The first kappa shape index (κ1) is 14.5. The van der Waals surface area contributed by atoms with E-state index in [0.717, 1.165) is 4.47 Å². The predicted octanol–water partition coefficient (Wildman–Crippen LogP) is 2.03. The molecule has 0 aliphatic rings. The Morgan fingerprint density at radius 2 is 2.33 bits per heavy atom. The van der Waals surface area contributed by atoms with E-state index in [1.807, 2.05) is 6.92 Å². The van der Waals surface area contributed by atoms with Gasteiger partial charge in [0.25, 0.3) is 5.91 Å². The first-order chi connectivity index (χ1) is 8.49. The predicted molar refractivity (Wildman–Crippen MR) is 71.5 cm³/mol. The number of hydrogen-bond donors (Lipinski definition) is 2. The number of nitrogens with zero attached hydrogens (tertiary/aromatic N) is 1. The smallest absolute Gasteiger partial charge is 0.326 e. The molecule has 1 aromatic heterocycles. The molecule has 1 amide bonds. The minimum atomic E-state index is -1.07. The lowest BCUT2D eigenvalue weighted by atomic mass is 10.2. The third-order valence-electron chi connectivity index (χ3n) is 2.44. The molecule has 0 radical (unpaired) electrons. The van der Waals surface area contributed by atoms with Crippen LogP contribution in [0.4, 0.5) is 0 Å². The zero-order chi connectivity index (χ0) is 13.7. The molecule has 1 atom stereocenters. The summed E-state index contributed by atoms with van der Waals surface area (Å²) in [5.41, 5.74) is 0.430. The van der Waals surface area contributed by atoms with Gasteiger partial charge in [-0.3, -0.25) is 4.79 Å². The Bertz CT molecular complexity index is 468. The quantitative estimate of drug-likeness (QED) is 0.789. The molecule has 98 valence electrons. The molecule has 0 aliphatic carbocycles. The largest absolute Gasteiger partial charge is 0.480 e. The van der Waals surface area contributed by atoms with Gasteiger partial charge >= 0.3 is 5.97 Å². The SMILES string of the molecule is C=CCC(NC(=O)c1cc(Br)cn1CC)C(=O)O. The van der Waals surface area contributed by atoms with Gasteiger partial charge in [0.05, 0.1) is 0 Å². The van der Waals surface area contributed by atoms with Crippen molar-refractivity contribution in [1.82, 2.24) is 9.88 Å². The van der Waals surface area contributed by atoms with Crippen molar-refractivity contribution in [3.8, 4) is 0 Å². The van der Waals surface area contributed by atoms with Crippen LogP contribution in [-0.4, -0.2) is 27.6 Å². The van der Waals surface area contributed by atoms with Gasteiger partial charge in [-0.2, -0.15) is 0 Å². The normalized spacial score (nSPS) is 11.9. The summed E-state index contributed by atoms with van der Waals surface area (Å²) in [6.07, 6.45) is 3.43. The lowest BCUT2D eigenvalue weighted by Crippen LogP contribution is -2.41. The maximum absolute atomic E-state index is 12.0. The Morgan fingerprint density at radius 3 is 2.83 bits per heavy atom. The fourth-order valence-corrected chi connectivity index (χ4v) is 2.01. The molecule has 1 unspecified atom stereocenters. The summed E-state index contributed by atoms with van der Waals surface area (Å²) in [6.45, 7) is 6.01. The molecule has 1 heterocycles. The minimum absolute atomic E-state index is 0.190. The van der Waals surface area contributed by atoms with Crippen LogP contribution in [0.1, 0.15) is 23.8 Å². The molecule has 0 fully saturated rings. The molecule has 6 heteroatoms. The Labute approximate surface area is 114 Å². The summed E-state index contributed by atoms with van der Waals surface area (Å²) in [5.74, 6) is -1.48. The van der Waals surface area contributed by atoms with Crippen LogP contribution in [0.25, 0.3) is 0 Å². The van der Waals surface area contributed by atoms with E-state index in [0.29, 0.717) is 12.2 Å². The highest BCUT2D eigenvalue weighted by Crippen LogP contribution is 2.15. The van der Waals surface area contributed by atoms with Crippen molar-refractivity contribution in [1.29, 1.82) is 0 Å². The number of carboxylic acid groups (broad SMARTS) is 1. The van der Waals surface area contributed by atoms with E-state index in [-0.39, 0.29) is 6.42 Å². The average molecular weight is 315 g/mol. The van der Waals surface area contributed by atoms with Crippen molar-refractivity contribution in [2.75, 3.05) is 0 Å². The molecule has 0 spiro atoms. The number of halogens is 1. The number of amides is 1. The van der Waals surface area contributed by atoms with Crippen LogP contribution in [0.5, 0.6) is 0 Å². The van der Waals surface area contributed by atoms with Gasteiger partial charge in [0, 0.05) is 17.2 Å². The number of carboxylic acids is 1. The van der Waals surface area contributed by atoms with Crippen LogP contribution in [0, 0.1) is 0 Å². The number of aromatic nitrogens is 1. The first-order valence-electron chi connectivity index (χ1n) is 5.49. The Balaban J connectivity index is 2.86. The van der Waals surface area contributed by atoms with Gasteiger partial charge in [0.2, 0.25) is 0 Å². The minimum Gasteiger partial charge on any atom is -0.480 e. The summed E-state index contributed by atoms with van der Waals surface area (Å²) in [7, 11) is 0. The van der Waals surface area contributed by atoms with Crippen LogP contribution in [-0.2, 0) is 11.3 Å². The molecule has 0 aliphatic heterocycles. The van der Waals surface area contributed by atoms with Gasteiger partial charge in [-0.25, -0.2) is 4.79 Å². The zero-order valence-electron chi connectivity index (χ0n) is 10.0. The van der Waals surface area contributed by atoms with Gasteiger partial charge in [0.1, 0.15) is 11.7 Å². The topological polar surface area (TPSA) is 71.3 Å². The van der Waals surface area contributed by atoms with Gasteiger partial charge in [-0.05, 0) is 35.3 Å². The third-order valence-corrected chi connectivity index (χ3v) is 2.88. The van der Waals surface area contributed by atoms with E-state index in [2.05, 4.69) is 27.8 Å². The van der Waals surface area contributed by atoms with Crippen molar-refractivity contribution in [3.05, 3.63) is 35.1 Å². The highest BCUT2D eigenvalue weighted by Gasteiger charge is 2.21. The highest BCUT2D eigenvalue weighted by molar-refractivity contribution is 9.10. The maximum atomic E-state index is 12.0. The second-order valence-electron chi connectivity index (χ2n) is 3.72. The molecular weight excluding hydrogens is 300 g/mol. The molecule has 0 saturated heterocycles. The van der Waals surface area contributed by atoms with E-state index in [1.54, 1.807) is 16.8 Å². The Morgan fingerprint density at radius 1 is 1.67 bits per heavy atom. The highest BCUT2D eigenvalue weighted by atomic mass is 79.9. The lowest BCUT2D eigenvalue weighted by molar-refractivity contribution is -0.139. The van der Waals surface area contributed by atoms with Crippen LogP contribution in [0.2, 0.25) is 0 Å². The summed E-state index contributed by atoms with van der Waals surface area (Å²) < 4.78 is 2.52. The fourth-order valence-electron chi connectivity index (χ4n) is 1.55. The number of carbonyl (C=O) groups is 2. The number of aliphatic carboxylic acids is 1. The van der Waals surface area contributed by atoms with Crippen molar-refractivity contribution in [2.24, 2.45) is 0 Å². The number of aryl methyl sites for hydroxylation is 1. The van der Waals surface area contributed by atoms with Gasteiger partial charge in [-0.15, -0.1) is 6.58 Å². The van der Waals surface area contributed by atoms with E-state index in [4.69, 9.17) is 5.11 Å². The number of carbonyl (C=O) groups excluding carboxylic acids is 1. The van der Waals surface area contributed by atoms with Crippen LogP contribution >= 0.6 is 15.9 Å². The van der Waals surface area contributed by atoms with Gasteiger partial charge in [0.15, 0.2) is 0 Å². The average Bonchev–Trinajstić information content (AvgIpc) is 2.69. The van der Waals surface area contributed by atoms with E-state index in [9.17, 15) is 9.59 Å². The molecule has 0 bridgehead atoms.